The van der Waals surface area contributed by atoms with Gasteiger partial charge in [-0.05, 0) is 37.9 Å². The second kappa shape index (κ2) is 4.92. The molecule has 0 amide bonds. The molecule has 3 heterocycles. The summed E-state index contributed by atoms with van der Waals surface area (Å²) in [7, 11) is 0. The lowest BCUT2D eigenvalue weighted by Gasteiger charge is -2.21. The van der Waals surface area contributed by atoms with Crippen molar-refractivity contribution in [3.8, 4) is 5.75 Å². The van der Waals surface area contributed by atoms with Crippen LogP contribution in [0, 0.1) is 0 Å². The molecule has 1 unspecified atom stereocenters. The van der Waals surface area contributed by atoms with Gasteiger partial charge in [-0.15, -0.1) is 0 Å². The van der Waals surface area contributed by atoms with Crippen LogP contribution < -0.4 is 15.0 Å². The highest BCUT2D eigenvalue weighted by molar-refractivity contribution is 5.52. The van der Waals surface area contributed by atoms with Crippen molar-refractivity contribution in [1.29, 1.82) is 0 Å². The molecule has 1 N–H and O–H groups in total. The maximum Gasteiger partial charge on any atom is 0.171 e. The van der Waals surface area contributed by atoms with Crippen LogP contribution in [0.25, 0.3) is 0 Å². The third kappa shape index (κ3) is 2.36. The number of ether oxygens (including phenoxy) is 1. The monoisotopic (exact) mass is 233 g/mol. The van der Waals surface area contributed by atoms with Crippen molar-refractivity contribution in [2.45, 2.75) is 25.4 Å². The van der Waals surface area contributed by atoms with Crippen LogP contribution in [0.15, 0.2) is 18.3 Å². The van der Waals surface area contributed by atoms with Gasteiger partial charge in [-0.1, -0.05) is 0 Å². The van der Waals surface area contributed by atoms with Gasteiger partial charge in [0.2, 0.25) is 0 Å². The molecule has 0 saturated carbocycles. The largest absolute Gasteiger partial charge is 0.485 e. The van der Waals surface area contributed by atoms with Gasteiger partial charge < -0.3 is 15.0 Å². The number of aromatic nitrogens is 1. The van der Waals surface area contributed by atoms with Gasteiger partial charge in [-0.3, -0.25) is 0 Å². The molecule has 3 rings (SSSR count). The van der Waals surface area contributed by atoms with E-state index in [1.165, 1.54) is 12.8 Å². The van der Waals surface area contributed by atoms with Crippen molar-refractivity contribution in [3.05, 3.63) is 18.3 Å². The average molecular weight is 233 g/mol. The van der Waals surface area contributed by atoms with E-state index in [4.69, 9.17) is 4.74 Å². The van der Waals surface area contributed by atoms with Gasteiger partial charge in [-0.2, -0.15) is 0 Å². The summed E-state index contributed by atoms with van der Waals surface area (Å²) in [6.07, 6.45) is 5.78. The van der Waals surface area contributed by atoms with Gasteiger partial charge in [0, 0.05) is 25.8 Å². The first kappa shape index (κ1) is 10.8. The Hall–Kier alpha value is -1.29. The number of nitrogens with zero attached hydrogens (tertiary/aromatic N) is 2. The number of anilines is 1. The number of nitrogens with one attached hydrogen (secondary N) is 1. The SMILES string of the molecule is c1cnc(N2CCCC2)c(OC2CCNC2)c1. The molecule has 0 aromatic carbocycles. The molecule has 2 aliphatic rings. The smallest absolute Gasteiger partial charge is 0.171 e. The minimum absolute atomic E-state index is 0.306. The van der Waals surface area contributed by atoms with E-state index in [2.05, 4.69) is 15.2 Å². The predicted octanol–water partition coefficient (Wildman–Crippen LogP) is 1.42. The van der Waals surface area contributed by atoms with Gasteiger partial charge >= 0.3 is 0 Å². The van der Waals surface area contributed by atoms with Crippen molar-refractivity contribution >= 4 is 5.82 Å². The van der Waals surface area contributed by atoms with Gasteiger partial charge in [0.1, 0.15) is 6.10 Å². The molecular weight excluding hydrogens is 214 g/mol. The number of hydrogen-bond donors (Lipinski definition) is 1. The minimum atomic E-state index is 0.306. The van der Waals surface area contributed by atoms with Crippen molar-refractivity contribution in [2.75, 3.05) is 31.1 Å². The van der Waals surface area contributed by atoms with E-state index in [9.17, 15) is 0 Å². The summed E-state index contributed by atoms with van der Waals surface area (Å²) in [5, 5.41) is 3.32. The van der Waals surface area contributed by atoms with E-state index < -0.39 is 0 Å². The van der Waals surface area contributed by atoms with Crippen LogP contribution in [-0.4, -0.2) is 37.3 Å². The van der Waals surface area contributed by atoms with Crippen LogP contribution >= 0.6 is 0 Å². The Kier molecular flexibility index (Phi) is 3.14. The number of pyridine rings is 1. The highest BCUT2D eigenvalue weighted by atomic mass is 16.5. The fraction of sp³-hybridized carbons (Fsp3) is 0.615. The van der Waals surface area contributed by atoms with E-state index in [1.807, 2.05) is 18.3 Å². The van der Waals surface area contributed by atoms with Crippen LogP contribution in [-0.2, 0) is 0 Å². The lowest BCUT2D eigenvalue weighted by atomic mass is 10.3. The molecule has 0 spiro atoms. The predicted molar refractivity (Wildman–Crippen MR) is 67.6 cm³/mol. The first-order chi connectivity index (χ1) is 8.43. The van der Waals surface area contributed by atoms with Crippen molar-refractivity contribution in [1.82, 2.24) is 10.3 Å². The first-order valence-electron chi connectivity index (χ1n) is 6.51. The molecule has 1 aromatic rings. The Morgan fingerprint density at radius 3 is 3.00 bits per heavy atom. The summed E-state index contributed by atoms with van der Waals surface area (Å²) < 4.78 is 6.05. The second-order valence-corrected chi connectivity index (χ2v) is 4.75. The van der Waals surface area contributed by atoms with E-state index in [0.29, 0.717) is 6.10 Å². The molecule has 0 radical (unpaired) electrons. The minimum Gasteiger partial charge on any atom is -0.485 e. The highest BCUT2D eigenvalue weighted by Crippen LogP contribution is 2.29. The Balaban J connectivity index is 1.77. The molecule has 0 bridgehead atoms. The average Bonchev–Trinajstić information content (AvgIpc) is 3.01. The van der Waals surface area contributed by atoms with Gasteiger partial charge in [0.05, 0.1) is 0 Å². The first-order valence-corrected chi connectivity index (χ1v) is 6.51. The van der Waals surface area contributed by atoms with Gasteiger partial charge in [0.25, 0.3) is 0 Å². The van der Waals surface area contributed by atoms with Crippen LogP contribution in [0.4, 0.5) is 5.82 Å². The summed E-state index contributed by atoms with van der Waals surface area (Å²) in [6, 6.07) is 4.00. The van der Waals surface area contributed by atoms with E-state index >= 15 is 0 Å². The second-order valence-electron chi connectivity index (χ2n) is 4.75. The maximum absolute atomic E-state index is 6.05. The molecule has 1 atom stereocenters. The van der Waals surface area contributed by atoms with E-state index in [0.717, 1.165) is 44.2 Å². The normalized spacial score (nSPS) is 24.2. The highest BCUT2D eigenvalue weighted by Gasteiger charge is 2.21. The molecule has 92 valence electrons. The van der Waals surface area contributed by atoms with Crippen molar-refractivity contribution in [3.63, 3.8) is 0 Å². The fourth-order valence-electron chi connectivity index (χ4n) is 2.55. The zero-order valence-electron chi connectivity index (χ0n) is 10.1. The standard InChI is InChI=1S/C13H19N3O/c1-2-9-16(8-1)13-12(4-3-6-15-13)17-11-5-7-14-10-11/h3-4,6,11,14H,1-2,5,7-10H2. The fourth-order valence-corrected chi connectivity index (χ4v) is 2.55. The Morgan fingerprint density at radius 1 is 1.35 bits per heavy atom. The molecule has 17 heavy (non-hydrogen) atoms. The quantitative estimate of drug-likeness (QED) is 0.857. The lowest BCUT2D eigenvalue weighted by Crippen LogP contribution is -2.23. The third-order valence-corrected chi connectivity index (χ3v) is 3.47. The van der Waals surface area contributed by atoms with Crippen LogP contribution in [0.1, 0.15) is 19.3 Å². The van der Waals surface area contributed by atoms with Crippen LogP contribution in [0.2, 0.25) is 0 Å². The third-order valence-electron chi connectivity index (χ3n) is 3.47. The van der Waals surface area contributed by atoms with E-state index in [-0.39, 0.29) is 0 Å². The molecule has 0 aliphatic carbocycles. The van der Waals surface area contributed by atoms with Crippen LogP contribution in [0.3, 0.4) is 0 Å². The van der Waals surface area contributed by atoms with Gasteiger partial charge in [-0.25, -0.2) is 4.98 Å². The Labute approximate surface area is 102 Å². The molecule has 4 nitrogen and oxygen atoms in total. The number of hydrogen-bond acceptors (Lipinski definition) is 4. The number of rotatable bonds is 3. The van der Waals surface area contributed by atoms with Crippen molar-refractivity contribution in [2.24, 2.45) is 0 Å². The molecule has 2 aliphatic heterocycles. The summed E-state index contributed by atoms with van der Waals surface area (Å²) in [5.74, 6) is 1.97. The zero-order chi connectivity index (χ0) is 11.5. The van der Waals surface area contributed by atoms with E-state index in [1.54, 1.807) is 0 Å². The summed E-state index contributed by atoms with van der Waals surface area (Å²) >= 11 is 0. The summed E-state index contributed by atoms with van der Waals surface area (Å²) in [5.41, 5.74) is 0. The Bertz CT molecular complexity index is 371. The molecular formula is C13H19N3O. The molecule has 2 saturated heterocycles. The maximum atomic E-state index is 6.05. The summed E-state index contributed by atoms with van der Waals surface area (Å²) in [6.45, 7) is 4.23. The zero-order valence-corrected chi connectivity index (χ0v) is 10.1. The summed E-state index contributed by atoms with van der Waals surface area (Å²) in [4.78, 5) is 6.81. The molecule has 4 heteroatoms. The topological polar surface area (TPSA) is 37.4 Å². The lowest BCUT2D eigenvalue weighted by molar-refractivity contribution is 0.223. The van der Waals surface area contributed by atoms with Gasteiger partial charge in [0.15, 0.2) is 11.6 Å². The Morgan fingerprint density at radius 2 is 2.24 bits per heavy atom. The van der Waals surface area contributed by atoms with Crippen molar-refractivity contribution < 1.29 is 4.74 Å². The van der Waals surface area contributed by atoms with Crippen LogP contribution in [0.5, 0.6) is 5.75 Å². The molecule has 1 aromatic heterocycles. The molecule has 2 fully saturated rings.